The van der Waals surface area contributed by atoms with Gasteiger partial charge in [-0.2, -0.15) is 0 Å². The van der Waals surface area contributed by atoms with Crippen LogP contribution in [0.25, 0.3) is 22.8 Å². The number of amides is 2. The van der Waals surface area contributed by atoms with Gasteiger partial charge in [0.2, 0.25) is 6.41 Å². The zero-order chi connectivity index (χ0) is 31.6. The fourth-order valence-corrected chi connectivity index (χ4v) is 5.60. The van der Waals surface area contributed by atoms with E-state index < -0.39 is 22.8 Å². The fraction of sp³-hybridized carbons (Fsp3) is 0.486. The molecule has 0 unspecified atom stereocenters. The Morgan fingerprint density at radius 2 is 1.81 bits per heavy atom. The number of fused-ring (bicyclic) bond motifs is 3. The lowest BCUT2D eigenvalue weighted by Crippen LogP contribution is -2.58. The van der Waals surface area contributed by atoms with Crippen molar-refractivity contribution in [3.05, 3.63) is 58.4 Å². The smallest absolute Gasteiger partial charge is 0.417 e. The number of aromatic nitrogens is 3. The van der Waals surface area contributed by atoms with Crippen molar-refractivity contribution >= 4 is 12.5 Å². The van der Waals surface area contributed by atoms with Gasteiger partial charge in [0.25, 0.3) is 0 Å². The number of nitrogens with zero attached hydrogens (tertiary/aromatic N) is 3. The molecule has 2 aliphatic carbocycles. The second-order valence-electron chi connectivity index (χ2n) is 12.9. The minimum Gasteiger partial charge on any atom is -0.443 e. The topological polar surface area (TPSA) is 114 Å². The van der Waals surface area contributed by atoms with Crippen molar-refractivity contribution < 1.29 is 14.3 Å². The molecule has 0 saturated heterocycles. The number of nitrogens with two attached hydrogens (primary N) is 1. The summed E-state index contributed by atoms with van der Waals surface area (Å²) in [5, 5.41) is 0. The van der Waals surface area contributed by atoms with E-state index in [1.165, 1.54) is 10.5 Å². The summed E-state index contributed by atoms with van der Waals surface area (Å²) in [6.45, 7) is 15.3. The molecule has 1 aromatic carbocycles. The van der Waals surface area contributed by atoms with Crippen LogP contribution in [0, 0.1) is 18.8 Å². The molecule has 2 amide bonds. The third kappa shape index (κ3) is 7.00. The van der Waals surface area contributed by atoms with Gasteiger partial charge in [-0.1, -0.05) is 25.7 Å². The molecule has 2 aliphatic rings. The van der Waals surface area contributed by atoms with Crippen LogP contribution in [-0.4, -0.2) is 49.0 Å². The van der Waals surface area contributed by atoms with Crippen LogP contribution in [0.2, 0.25) is 0 Å². The van der Waals surface area contributed by atoms with Gasteiger partial charge < -0.3 is 15.5 Å². The molecule has 0 radical (unpaired) electrons. The van der Waals surface area contributed by atoms with Crippen molar-refractivity contribution in [2.24, 2.45) is 5.73 Å². The maximum atomic E-state index is 13.0. The van der Waals surface area contributed by atoms with Crippen LogP contribution >= 0.6 is 0 Å². The SMILES string of the molecule is CC.Cc1c(CC2(N(C=O)C(=O)OC(C)(C)C)CCC2)[nH]c2c1CCc1cnc(-c3ccc(C#CC(C)(C)N)cc3)nc1-2. The Labute approximate surface area is 255 Å². The lowest BCUT2D eigenvalue weighted by atomic mass is 9.72. The molecule has 1 saturated carbocycles. The zero-order valence-corrected chi connectivity index (χ0v) is 26.9. The van der Waals surface area contributed by atoms with Crippen molar-refractivity contribution in [2.75, 3.05) is 0 Å². The minimum atomic E-state index is -0.680. The second kappa shape index (κ2) is 12.3. The van der Waals surface area contributed by atoms with Crippen LogP contribution in [0.1, 0.15) is 95.7 Å². The molecule has 1 fully saturated rings. The van der Waals surface area contributed by atoms with E-state index in [0.29, 0.717) is 18.7 Å². The molecule has 43 heavy (non-hydrogen) atoms. The predicted octanol–water partition coefficient (Wildman–Crippen LogP) is 6.52. The lowest BCUT2D eigenvalue weighted by molar-refractivity contribution is -0.126. The predicted molar refractivity (Wildman–Crippen MR) is 170 cm³/mol. The summed E-state index contributed by atoms with van der Waals surface area (Å²) in [5.74, 6) is 6.82. The second-order valence-corrected chi connectivity index (χ2v) is 12.9. The third-order valence-corrected chi connectivity index (χ3v) is 7.90. The van der Waals surface area contributed by atoms with E-state index in [-0.39, 0.29) is 0 Å². The average Bonchev–Trinajstić information content (AvgIpc) is 3.25. The molecule has 228 valence electrons. The van der Waals surface area contributed by atoms with Crippen molar-refractivity contribution in [1.82, 2.24) is 19.9 Å². The molecular formula is C35H45N5O3. The molecule has 8 heteroatoms. The third-order valence-electron chi connectivity index (χ3n) is 7.90. The zero-order valence-electron chi connectivity index (χ0n) is 26.9. The van der Waals surface area contributed by atoms with E-state index >= 15 is 0 Å². The number of aromatic amines is 1. The van der Waals surface area contributed by atoms with Gasteiger partial charge in [0, 0.05) is 29.4 Å². The Kier molecular flexibility index (Phi) is 9.17. The van der Waals surface area contributed by atoms with E-state index in [2.05, 4.69) is 28.7 Å². The first-order valence-corrected chi connectivity index (χ1v) is 15.3. The quantitative estimate of drug-likeness (QED) is 0.261. The van der Waals surface area contributed by atoms with Crippen molar-refractivity contribution in [1.29, 1.82) is 0 Å². The first-order valence-electron chi connectivity index (χ1n) is 15.3. The number of rotatable bonds is 5. The molecule has 0 spiro atoms. The monoisotopic (exact) mass is 583 g/mol. The maximum Gasteiger partial charge on any atom is 0.417 e. The summed E-state index contributed by atoms with van der Waals surface area (Å²) in [4.78, 5) is 39.7. The van der Waals surface area contributed by atoms with Crippen LogP contribution in [0.4, 0.5) is 4.79 Å². The molecular weight excluding hydrogens is 538 g/mol. The first-order chi connectivity index (χ1) is 20.3. The first kappa shape index (κ1) is 32.0. The van der Waals surface area contributed by atoms with Crippen LogP contribution in [0.5, 0.6) is 0 Å². The number of ether oxygens (including phenoxy) is 1. The molecule has 2 heterocycles. The number of nitrogens with one attached hydrogen (secondary N) is 1. The van der Waals surface area contributed by atoms with Gasteiger partial charge in [0.1, 0.15) is 5.60 Å². The number of aryl methyl sites for hydroxylation is 1. The van der Waals surface area contributed by atoms with Crippen LogP contribution in [-0.2, 0) is 28.8 Å². The van der Waals surface area contributed by atoms with E-state index in [1.807, 2.05) is 78.9 Å². The van der Waals surface area contributed by atoms with Gasteiger partial charge in [0.05, 0.1) is 22.5 Å². The molecule has 3 aromatic rings. The van der Waals surface area contributed by atoms with Gasteiger partial charge in [-0.3, -0.25) is 4.79 Å². The molecule has 0 aliphatic heterocycles. The highest BCUT2D eigenvalue weighted by Crippen LogP contribution is 2.43. The Hall–Kier alpha value is -3.96. The lowest BCUT2D eigenvalue weighted by Gasteiger charge is -2.47. The Morgan fingerprint density at radius 3 is 2.37 bits per heavy atom. The van der Waals surface area contributed by atoms with E-state index in [0.717, 1.165) is 71.4 Å². The summed E-state index contributed by atoms with van der Waals surface area (Å²) in [7, 11) is 0. The number of H-pyrrole nitrogens is 1. The highest BCUT2D eigenvalue weighted by Gasteiger charge is 2.47. The van der Waals surface area contributed by atoms with Crippen LogP contribution in [0.3, 0.4) is 0 Å². The number of hydrogen-bond donors (Lipinski definition) is 2. The summed E-state index contributed by atoms with van der Waals surface area (Å²) < 4.78 is 5.57. The summed E-state index contributed by atoms with van der Waals surface area (Å²) in [6.07, 6.45) is 6.72. The van der Waals surface area contributed by atoms with Crippen LogP contribution in [0.15, 0.2) is 30.5 Å². The number of benzene rings is 1. The molecule has 0 bridgehead atoms. The maximum absolute atomic E-state index is 13.0. The van der Waals surface area contributed by atoms with E-state index in [4.69, 9.17) is 15.5 Å². The number of carbonyl (C=O) groups excluding carboxylic acids is 2. The van der Waals surface area contributed by atoms with Gasteiger partial charge in [-0.25, -0.2) is 19.7 Å². The summed E-state index contributed by atoms with van der Waals surface area (Å²) >= 11 is 0. The van der Waals surface area contributed by atoms with E-state index in [1.54, 1.807) is 0 Å². The largest absolute Gasteiger partial charge is 0.443 e. The summed E-state index contributed by atoms with van der Waals surface area (Å²) in [5.41, 5.74) is 12.4. The number of carbonyl (C=O) groups is 2. The van der Waals surface area contributed by atoms with E-state index in [9.17, 15) is 9.59 Å². The fourth-order valence-electron chi connectivity index (χ4n) is 5.60. The van der Waals surface area contributed by atoms with Crippen molar-refractivity contribution in [2.45, 2.75) is 111 Å². The van der Waals surface area contributed by atoms with Gasteiger partial charge in [-0.05, 0) is 115 Å². The Balaban J connectivity index is 0.00000207. The number of hydrogen-bond acceptors (Lipinski definition) is 6. The van der Waals surface area contributed by atoms with Gasteiger partial charge >= 0.3 is 6.09 Å². The van der Waals surface area contributed by atoms with Gasteiger partial charge in [0.15, 0.2) is 5.82 Å². The molecule has 3 N–H and O–H groups in total. The standard InChI is InChI=1S/C33H39N5O3.C2H6/c1-21-25-13-12-24-19-35-29(23-10-8-22(9-11-23)14-17-32(5,6)34)37-27(24)28(25)36-26(21)18-33(15-7-16-33)38(20-39)30(40)41-31(2,3)4;1-2/h8-11,19-20,36H,7,12-13,15-16,18,34H2,1-6H3;1-2H3. The Bertz CT molecular complexity index is 1540. The minimum absolute atomic E-state index is 0.551. The van der Waals surface area contributed by atoms with Gasteiger partial charge in [-0.15, -0.1) is 0 Å². The Morgan fingerprint density at radius 1 is 1.14 bits per heavy atom. The highest BCUT2D eigenvalue weighted by atomic mass is 16.6. The molecule has 8 nitrogen and oxygen atoms in total. The molecule has 2 aromatic heterocycles. The molecule has 5 rings (SSSR count). The number of imide groups is 1. The average molecular weight is 584 g/mol. The van der Waals surface area contributed by atoms with Crippen LogP contribution < -0.4 is 5.73 Å². The van der Waals surface area contributed by atoms with Crippen molar-refractivity contribution in [3.8, 4) is 34.6 Å². The normalized spacial score (nSPS) is 14.9. The summed E-state index contributed by atoms with van der Waals surface area (Å²) in [6, 6.07) is 7.88. The van der Waals surface area contributed by atoms with Crippen molar-refractivity contribution in [3.63, 3.8) is 0 Å². The molecule has 0 atom stereocenters. The highest BCUT2D eigenvalue weighted by molar-refractivity contribution is 5.82.